The normalized spacial score (nSPS) is 12.5. The molecule has 0 bridgehead atoms. The molecule has 2 aromatic heterocycles. The standard InChI is InChI=1S/C27H25F2N5O/c1-16-17(2)32-25(21-12-19(28)6-9-22(21)29)13-24(16)33-23-10-11-30-26-14-31-34(27(23)26)15-18-4-7-20(35-3)8-5-18/h4-13,31H,14-15H2,1-3H3,(H,30,32,33). The van der Waals surface area contributed by atoms with Crippen molar-refractivity contribution in [1.29, 1.82) is 0 Å². The molecule has 4 aromatic rings. The Labute approximate surface area is 202 Å². The van der Waals surface area contributed by atoms with Crippen LogP contribution in [0.1, 0.15) is 22.5 Å². The predicted molar refractivity (Wildman–Crippen MR) is 133 cm³/mol. The monoisotopic (exact) mass is 473 g/mol. The van der Waals surface area contributed by atoms with Crippen molar-refractivity contribution in [2.24, 2.45) is 0 Å². The molecule has 8 heteroatoms. The molecule has 0 fully saturated rings. The zero-order valence-corrected chi connectivity index (χ0v) is 19.7. The summed E-state index contributed by atoms with van der Waals surface area (Å²) in [6.45, 7) is 5.04. The van der Waals surface area contributed by atoms with Crippen LogP contribution in [0.3, 0.4) is 0 Å². The molecule has 2 N–H and O–H groups in total. The summed E-state index contributed by atoms with van der Waals surface area (Å²) >= 11 is 0. The molecule has 3 heterocycles. The number of benzene rings is 2. The van der Waals surface area contributed by atoms with Crippen LogP contribution in [0.15, 0.2) is 60.8 Å². The van der Waals surface area contributed by atoms with Crippen molar-refractivity contribution in [2.75, 3.05) is 17.4 Å². The molecular weight excluding hydrogens is 448 g/mol. The molecule has 1 aliphatic heterocycles. The first-order valence-corrected chi connectivity index (χ1v) is 11.3. The minimum atomic E-state index is -0.521. The highest BCUT2D eigenvalue weighted by Gasteiger charge is 2.24. The number of nitrogens with zero attached hydrogens (tertiary/aromatic N) is 3. The van der Waals surface area contributed by atoms with Crippen molar-refractivity contribution in [3.8, 4) is 17.0 Å². The summed E-state index contributed by atoms with van der Waals surface area (Å²) < 4.78 is 33.6. The average molecular weight is 474 g/mol. The minimum Gasteiger partial charge on any atom is -0.497 e. The number of pyridine rings is 2. The molecule has 2 aromatic carbocycles. The summed E-state index contributed by atoms with van der Waals surface area (Å²) in [6, 6.07) is 15.0. The second kappa shape index (κ2) is 9.31. The van der Waals surface area contributed by atoms with Crippen LogP contribution in [-0.4, -0.2) is 17.1 Å². The number of aryl methyl sites for hydroxylation is 1. The summed E-state index contributed by atoms with van der Waals surface area (Å²) in [4.78, 5) is 9.05. The highest BCUT2D eigenvalue weighted by Crippen LogP contribution is 2.37. The third kappa shape index (κ3) is 4.52. The maximum atomic E-state index is 14.5. The largest absolute Gasteiger partial charge is 0.497 e. The van der Waals surface area contributed by atoms with Crippen molar-refractivity contribution < 1.29 is 13.5 Å². The summed E-state index contributed by atoms with van der Waals surface area (Å²) in [5, 5.41) is 5.55. The van der Waals surface area contributed by atoms with Gasteiger partial charge in [-0.25, -0.2) is 14.2 Å². The molecule has 0 saturated heterocycles. The van der Waals surface area contributed by atoms with Crippen LogP contribution in [-0.2, 0) is 13.1 Å². The van der Waals surface area contributed by atoms with Gasteiger partial charge in [0.05, 0.1) is 43.0 Å². The van der Waals surface area contributed by atoms with Gasteiger partial charge in [-0.3, -0.25) is 15.0 Å². The number of hydrogen-bond donors (Lipinski definition) is 2. The Morgan fingerprint density at radius 2 is 1.83 bits per heavy atom. The van der Waals surface area contributed by atoms with Crippen LogP contribution in [0.2, 0.25) is 0 Å². The van der Waals surface area contributed by atoms with E-state index in [1.54, 1.807) is 19.4 Å². The predicted octanol–water partition coefficient (Wildman–Crippen LogP) is 5.82. The quantitative estimate of drug-likeness (QED) is 0.368. The first-order chi connectivity index (χ1) is 16.9. The fourth-order valence-corrected chi connectivity index (χ4v) is 4.17. The lowest BCUT2D eigenvalue weighted by Gasteiger charge is -2.23. The fourth-order valence-electron chi connectivity index (χ4n) is 4.17. The molecule has 5 rings (SSSR count). The number of anilines is 3. The Kier molecular flexibility index (Phi) is 6.05. The minimum absolute atomic E-state index is 0.124. The van der Waals surface area contributed by atoms with Gasteiger partial charge in [-0.2, -0.15) is 0 Å². The number of fused-ring (bicyclic) bond motifs is 1. The topological polar surface area (TPSA) is 62.3 Å². The van der Waals surface area contributed by atoms with Gasteiger partial charge in [0, 0.05) is 23.1 Å². The third-order valence-corrected chi connectivity index (χ3v) is 6.20. The average Bonchev–Trinajstić information content (AvgIpc) is 3.27. The molecule has 1 aliphatic rings. The van der Waals surface area contributed by atoms with Gasteiger partial charge < -0.3 is 10.1 Å². The van der Waals surface area contributed by atoms with Crippen LogP contribution in [0, 0.1) is 25.5 Å². The molecule has 6 nitrogen and oxygen atoms in total. The number of aromatic nitrogens is 2. The van der Waals surface area contributed by atoms with E-state index in [1.807, 2.05) is 44.2 Å². The zero-order valence-electron chi connectivity index (χ0n) is 19.7. The van der Waals surface area contributed by atoms with Crippen molar-refractivity contribution in [2.45, 2.75) is 26.9 Å². The van der Waals surface area contributed by atoms with E-state index in [0.717, 1.165) is 57.5 Å². The Bertz CT molecular complexity index is 1390. The molecule has 35 heavy (non-hydrogen) atoms. The van der Waals surface area contributed by atoms with Crippen molar-refractivity contribution in [1.82, 2.24) is 15.4 Å². The number of hydrazine groups is 1. The van der Waals surface area contributed by atoms with Gasteiger partial charge in [-0.05, 0) is 67.4 Å². The van der Waals surface area contributed by atoms with Crippen LogP contribution in [0.25, 0.3) is 11.3 Å². The lowest BCUT2D eigenvalue weighted by molar-refractivity contribution is 0.414. The molecule has 178 valence electrons. The number of nitrogens with one attached hydrogen (secondary N) is 2. The number of hydrogen-bond acceptors (Lipinski definition) is 6. The van der Waals surface area contributed by atoms with Gasteiger partial charge in [-0.1, -0.05) is 12.1 Å². The van der Waals surface area contributed by atoms with Gasteiger partial charge in [0.25, 0.3) is 0 Å². The van der Waals surface area contributed by atoms with E-state index in [-0.39, 0.29) is 5.56 Å². The maximum absolute atomic E-state index is 14.5. The van der Waals surface area contributed by atoms with Gasteiger partial charge in [0.15, 0.2) is 0 Å². The summed E-state index contributed by atoms with van der Waals surface area (Å²) in [5.74, 6) is -0.225. The maximum Gasteiger partial charge on any atom is 0.132 e. The smallest absolute Gasteiger partial charge is 0.132 e. The highest BCUT2D eigenvalue weighted by molar-refractivity contribution is 5.80. The molecule has 0 aliphatic carbocycles. The Balaban J connectivity index is 1.49. The van der Waals surface area contributed by atoms with Crippen LogP contribution in [0.4, 0.5) is 25.8 Å². The molecule has 0 amide bonds. The number of methoxy groups -OCH3 is 1. The molecule has 0 spiro atoms. The lowest BCUT2D eigenvalue weighted by atomic mass is 10.1. The second-order valence-corrected chi connectivity index (χ2v) is 8.44. The van der Waals surface area contributed by atoms with Gasteiger partial charge in [0.1, 0.15) is 17.4 Å². The van der Waals surface area contributed by atoms with Crippen molar-refractivity contribution in [3.63, 3.8) is 0 Å². The molecular formula is C27H25F2N5O. The van der Waals surface area contributed by atoms with E-state index < -0.39 is 11.6 Å². The number of halogens is 2. The SMILES string of the molecule is COc1ccc(CN2NCc3nccc(Nc4cc(-c5cc(F)ccc5F)nc(C)c4C)c32)cc1. The Morgan fingerprint density at radius 1 is 1.03 bits per heavy atom. The summed E-state index contributed by atoms with van der Waals surface area (Å²) in [5.41, 5.74) is 10.1. The van der Waals surface area contributed by atoms with E-state index in [2.05, 4.69) is 25.7 Å². The van der Waals surface area contributed by atoms with Crippen LogP contribution in [0.5, 0.6) is 5.75 Å². The van der Waals surface area contributed by atoms with Crippen molar-refractivity contribution >= 4 is 17.1 Å². The first kappa shape index (κ1) is 22.7. The van der Waals surface area contributed by atoms with E-state index in [4.69, 9.17) is 4.74 Å². The van der Waals surface area contributed by atoms with Gasteiger partial charge >= 0.3 is 0 Å². The fraction of sp³-hybridized carbons (Fsp3) is 0.185. The molecule has 0 atom stereocenters. The van der Waals surface area contributed by atoms with E-state index in [0.29, 0.717) is 18.8 Å². The number of rotatable bonds is 6. The van der Waals surface area contributed by atoms with Crippen LogP contribution >= 0.6 is 0 Å². The van der Waals surface area contributed by atoms with Gasteiger partial charge in [0.2, 0.25) is 0 Å². The molecule has 0 radical (unpaired) electrons. The Morgan fingerprint density at radius 3 is 2.60 bits per heavy atom. The molecule has 0 unspecified atom stereocenters. The lowest BCUT2D eigenvalue weighted by Crippen LogP contribution is -2.31. The number of ether oxygens (including phenoxy) is 1. The summed E-state index contributed by atoms with van der Waals surface area (Å²) in [6.07, 6.45) is 1.76. The van der Waals surface area contributed by atoms with Crippen LogP contribution < -0.4 is 20.5 Å². The third-order valence-electron chi connectivity index (χ3n) is 6.20. The van der Waals surface area contributed by atoms with E-state index in [1.165, 1.54) is 6.07 Å². The zero-order chi connectivity index (χ0) is 24.5. The second-order valence-electron chi connectivity index (χ2n) is 8.44. The molecule has 0 saturated carbocycles. The first-order valence-electron chi connectivity index (χ1n) is 11.3. The highest BCUT2D eigenvalue weighted by atomic mass is 19.1. The van der Waals surface area contributed by atoms with Crippen molar-refractivity contribution in [3.05, 3.63) is 94.9 Å². The summed E-state index contributed by atoms with van der Waals surface area (Å²) in [7, 11) is 1.65. The van der Waals surface area contributed by atoms with Gasteiger partial charge in [-0.15, -0.1) is 0 Å². The van der Waals surface area contributed by atoms with E-state index in [9.17, 15) is 8.78 Å². The Hall–Kier alpha value is -4.04. The van der Waals surface area contributed by atoms with E-state index >= 15 is 0 Å².